The molecular formula is C60H34Br4. The quantitative estimate of drug-likeness (QED) is 0.115. The highest BCUT2D eigenvalue weighted by Crippen LogP contribution is 2.55. The van der Waals surface area contributed by atoms with Crippen LogP contribution < -0.4 is 0 Å². The first-order valence-corrected chi connectivity index (χ1v) is 24.4. The second-order valence-corrected chi connectivity index (χ2v) is 20.1. The van der Waals surface area contributed by atoms with Crippen LogP contribution in [0.15, 0.2) is 224 Å². The highest BCUT2D eigenvalue weighted by atomic mass is 79.9. The van der Waals surface area contributed by atoms with Crippen LogP contribution >= 0.6 is 63.7 Å². The van der Waals surface area contributed by atoms with Crippen molar-refractivity contribution >= 4 is 118 Å². The molecule has 0 radical (unpaired) electrons. The predicted octanol–water partition coefficient (Wildman–Crippen LogP) is 19.9. The second-order valence-electron chi connectivity index (χ2n) is 16.4. The Morgan fingerprint density at radius 2 is 0.500 bits per heavy atom. The van der Waals surface area contributed by atoms with Gasteiger partial charge in [0.05, 0.1) is 0 Å². The standard InChI is InChI=1S/C60H34Br4/c61-41-21-7-17-37(29-41)51-33-49(35-13-3-1-4-14-35)53(39-19-9-23-43(63)31-39)59-47-27-11-26-46-55(47)56-45(57(51)59)25-12-28-48(56)60-54(40-20-10-24-44(64)32-40)50(36-15-5-2-6-16-36)34-52(58(46)60)38-18-8-22-42(62)30-38/h1-34H. The van der Waals surface area contributed by atoms with Crippen molar-refractivity contribution < 1.29 is 0 Å². The van der Waals surface area contributed by atoms with Crippen molar-refractivity contribution in [3.8, 4) is 66.8 Å². The number of rotatable bonds is 6. The van der Waals surface area contributed by atoms with E-state index in [0.29, 0.717) is 0 Å². The minimum absolute atomic E-state index is 1.05. The van der Waals surface area contributed by atoms with E-state index < -0.39 is 0 Å². The molecule has 12 rings (SSSR count). The summed E-state index contributed by atoms with van der Waals surface area (Å²) >= 11 is 15.5. The van der Waals surface area contributed by atoms with E-state index in [4.69, 9.17) is 0 Å². The zero-order valence-corrected chi connectivity index (χ0v) is 40.5. The van der Waals surface area contributed by atoms with E-state index in [1.54, 1.807) is 0 Å². The van der Waals surface area contributed by atoms with Gasteiger partial charge in [-0.3, -0.25) is 0 Å². The molecule has 0 saturated carbocycles. The van der Waals surface area contributed by atoms with Crippen molar-refractivity contribution in [2.75, 3.05) is 0 Å². The Morgan fingerprint density at radius 1 is 0.203 bits per heavy atom. The molecule has 64 heavy (non-hydrogen) atoms. The fourth-order valence-corrected chi connectivity index (χ4v) is 11.9. The highest BCUT2D eigenvalue weighted by Gasteiger charge is 2.27. The van der Waals surface area contributed by atoms with Gasteiger partial charge in [0.15, 0.2) is 0 Å². The highest BCUT2D eigenvalue weighted by molar-refractivity contribution is 9.11. The van der Waals surface area contributed by atoms with Gasteiger partial charge < -0.3 is 0 Å². The van der Waals surface area contributed by atoms with E-state index >= 15 is 0 Å². The molecule has 0 aliphatic carbocycles. The van der Waals surface area contributed by atoms with E-state index in [-0.39, 0.29) is 0 Å². The van der Waals surface area contributed by atoms with Crippen molar-refractivity contribution in [2.24, 2.45) is 0 Å². The monoisotopic (exact) mass is 1070 g/mol. The smallest absolute Gasteiger partial charge is 0.0181 e. The Hall–Kier alpha value is -5.88. The topological polar surface area (TPSA) is 0 Å². The molecule has 0 fully saturated rings. The van der Waals surface area contributed by atoms with Crippen LogP contribution in [0.2, 0.25) is 0 Å². The number of hydrogen-bond donors (Lipinski definition) is 0. The molecule has 0 spiro atoms. The molecular weight excluding hydrogens is 1040 g/mol. The second kappa shape index (κ2) is 16.0. The fourth-order valence-electron chi connectivity index (χ4n) is 10.3. The van der Waals surface area contributed by atoms with Crippen LogP contribution in [0, 0.1) is 0 Å². The normalized spacial score (nSPS) is 11.8. The molecule has 0 atom stereocenters. The van der Waals surface area contributed by atoms with Crippen LogP contribution in [0.1, 0.15) is 0 Å². The lowest BCUT2D eigenvalue weighted by Crippen LogP contribution is -1.98. The number of fused-ring (bicyclic) bond motifs is 6. The van der Waals surface area contributed by atoms with Gasteiger partial charge in [-0.2, -0.15) is 0 Å². The fraction of sp³-hybridized carbons (Fsp3) is 0. The lowest BCUT2D eigenvalue weighted by Gasteiger charge is -2.26. The average Bonchev–Trinajstić information content (AvgIpc) is 3.33. The lowest BCUT2D eigenvalue weighted by atomic mass is 9.77. The average molecular weight is 1070 g/mol. The molecule has 302 valence electrons. The number of halogens is 4. The maximum Gasteiger partial charge on any atom is 0.0181 e. The Bertz CT molecular complexity index is 3560. The maximum atomic E-state index is 3.88. The van der Waals surface area contributed by atoms with Gasteiger partial charge in [-0.1, -0.05) is 209 Å². The van der Waals surface area contributed by atoms with Gasteiger partial charge in [-0.15, -0.1) is 0 Å². The summed E-state index contributed by atoms with van der Waals surface area (Å²) in [5.41, 5.74) is 14.2. The van der Waals surface area contributed by atoms with Gasteiger partial charge in [-0.25, -0.2) is 0 Å². The Morgan fingerprint density at radius 3 is 0.859 bits per heavy atom. The van der Waals surface area contributed by atoms with Crippen molar-refractivity contribution in [1.82, 2.24) is 0 Å². The van der Waals surface area contributed by atoms with Crippen LogP contribution in [0.25, 0.3) is 121 Å². The third-order valence-corrected chi connectivity index (χ3v) is 14.8. The van der Waals surface area contributed by atoms with Crippen LogP contribution in [0.3, 0.4) is 0 Å². The minimum atomic E-state index is 1.05. The molecule has 0 heterocycles. The molecule has 12 aromatic carbocycles. The van der Waals surface area contributed by atoms with Gasteiger partial charge in [0.1, 0.15) is 0 Å². The largest absolute Gasteiger partial charge is 0.0622 e. The predicted molar refractivity (Wildman–Crippen MR) is 289 cm³/mol. The summed E-state index contributed by atoms with van der Waals surface area (Å²) in [7, 11) is 0. The summed E-state index contributed by atoms with van der Waals surface area (Å²) in [5, 5.41) is 12.5. The van der Waals surface area contributed by atoms with Crippen LogP contribution in [-0.4, -0.2) is 0 Å². The lowest BCUT2D eigenvalue weighted by molar-refractivity contribution is 1.58. The van der Waals surface area contributed by atoms with Crippen molar-refractivity contribution in [2.45, 2.75) is 0 Å². The van der Waals surface area contributed by atoms with Gasteiger partial charge >= 0.3 is 0 Å². The molecule has 0 bridgehead atoms. The molecule has 0 nitrogen and oxygen atoms in total. The van der Waals surface area contributed by atoms with Crippen molar-refractivity contribution in [3.05, 3.63) is 224 Å². The Balaban J connectivity index is 1.40. The molecule has 0 saturated heterocycles. The summed E-state index contributed by atoms with van der Waals surface area (Å²) in [6.07, 6.45) is 0. The summed E-state index contributed by atoms with van der Waals surface area (Å²) in [6.45, 7) is 0. The number of hydrogen-bond acceptors (Lipinski definition) is 0. The molecule has 0 aromatic heterocycles. The van der Waals surface area contributed by atoms with Crippen LogP contribution in [0.5, 0.6) is 0 Å². The SMILES string of the molecule is Brc1cccc(-c2cc(-c3ccccc3)c(-c3cccc(Br)c3)c3c4cccc5c6c(-c7cccc(Br)c7)cc(-c7ccccc7)c(-c7cccc(Br)c7)c6c6cccc(c23)c6c54)c1. The van der Waals surface area contributed by atoms with Crippen molar-refractivity contribution in [1.29, 1.82) is 0 Å². The Kier molecular flexibility index (Phi) is 9.91. The summed E-state index contributed by atoms with van der Waals surface area (Å²) in [6, 6.07) is 76.0. The van der Waals surface area contributed by atoms with Gasteiger partial charge in [0, 0.05) is 17.9 Å². The summed E-state index contributed by atoms with van der Waals surface area (Å²) in [5.74, 6) is 0. The van der Waals surface area contributed by atoms with E-state index in [2.05, 4.69) is 270 Å². The molecule has 0 N–H and O–H groups in total. The van der Waals surface area contributed by atoms with E-state index in [1.807, 2.05) is 0 Å². The third-order valence-electron chi connectivity index (χ3n) is 12.8. The maximum absolute atomic E-state index is 3.88. The van der Waals surface area contributed by atoms with Crippen LogP contribution in [-0.2, 0) is 0 Å². The van der Waals surface area contributed by atoms with E-state index in [9.17, 15) is 0 Å². The molecule has 0 unspecified atom stereocenters. The molecule has 4 heteroatoms. The molecule has 12 aromatic rings. The van der Waals surface area contributed by atoms with Crippen molar-refractivity contribution in [3.63, 3.8) is 0 Å². The van der Waals surface area contributed by atoms with E-state index in [1.165, 1.54) is 98.4 Å². The molecule has 0 aliphatic heterocycles. The zero-order chi connectivity index (χ0) is 43.1. The summed E-state index contributed by atoms with van der Waals surface area (Å²) in [4.78, 5) is 0. The summed E-state index contributed by atoms with van der Waals surface area (Å²) < 4.78 is 4.19. The van der Waals surface area contributed by atoms with Gasteiger partial charge in [-0.05, 0) is 181 Å². The van der Waals surface area contributed by atoms with E-state index in [0.717, 1.165) is 40.1 Å². The first-order chi connectivity index (χ1) is 31.4. The van der Waals surface area contributed by atoms with Gasteiger partial charge in [0.2, 0.25) is 0 Å². The van der Waals surface area contributed by atoms with Gasteiger partial charge in [0.25, 0.3) is 0 Å². The molecule has 0 amide bonds. The molecule has 0 aliphatic rings. The zero-order valence-electron chi connectivity index (χ0n) is 34.1. The minimum Gasteiger partial charge on any atom is -0.0622 e. The number of benzene rings is 12. The van der Waals surface area contributed by atoms with Crippen LogP contribution in [0.4, 0.5) is 0 Å². The first-order valence-electron chi connectivity index (χ1n) is 21.3. The first kappa shape index (κ1) is 39.7. The third kappa shape index (κ3) is 6.49. The Labute approximate surface area is 405 Å².